The molecule has 1 amide bonds. The molecule has 2 heterocycles. The van der Waals surface area contributed by atoms with Crippen molar-refractivity contribution in [2.24, 2.45) is 0 Å². The van der Waals surface area contributed by atoms with Crippen molar-refractivity contribution >= 4 is 23.3 Å². The second-order valence-corrected chi connectivity index (χ2v) is 8.71. The van der Waals surface area contributed by atoms with Crippen LogP contribution in [0.15, 0.2) is 48.7 Å². The zero-order chi connectivity index (χ0) is 24.9. The lowest BCUT2D eigenvalue weighted by Crippen LogP contribution is -2.48. The molecule has 1 fully saturated rings. The Morgan fingerprint density at radius 1 is 1.06 bits per heavy atom. The number of piperazine rings is 1. The number of nitrogens with two attached hydrogens (primary N) is 1. The summed E-state index contributed by atoms with van der Waals surface area (Å²) >= 11 is 5.88. The number of ether oxygens (including phenoxy) is 1. The summed E-state index contributed by atoms with van der Waals surface area (Å²) in [5, 5.41) is -0.254. The van der Waals surface area contributed by atoms with E-state index in [1.807, 2.05) is 17.0 Å². The van der Waals surface area contributed by atoms with Crippen LogP contribution in [0.25, 0.3) is 11.1 Å². The van der Waals surface area contributed by atoms with E-state index in [2.05, 4.69) is 16.8 Å². The topological polar surface area (TPSA) is 71.7 Å². The van der Waals surface area contributed by atoms with Crippen molar-refractivity contribution in [1.82, 2.24) is 14.8 Å². The fourth-order valence-electron chi connectivity index (χ4n) is 4.04. The molecule has 1 saturated heterocycles. The smallest absolute Gasteiger partial charge is 0.253 e. The van der Waals surface area contributed by atoms with E-state index < -0.39 is 11.6 Å². The summed E-state index contributed by atoms with van der Waals surface area (Å²) in [7, 11) is 0. The third-order valence-corrected chi connectivity index (χ3v) is 6.61. The second kappa shape index (κ2) is 11.0. The van der Waals surface area contributed by atoms with E-state index in [4.69, 9.17) is 22.1 Å². The summed E-state index contributed by atoms with van der Waals surface area (Å²) in [6.07, 6.45) is 1.68. The van der Waals surface area contributed by atoms with Crippen LogP contribution < -0.4 is 10.5 Å². The highest BCUT2D eigenvalue weighted by atomic mass is 35.5. The van der Waals surface area contributed by atoms with E-state index in [1.165, 1.54) is 0 Å². The number of likely N-dealkylation sites (N-methyl/N-ethyl adjacent to an activating group) is 1. The number of carbonyl (C=O) groups excluding carboxylic acids is 1. The van der Waals surface area contributed by atoms with Crippen molar-refractivity contribution in [2.45, 2.75) is 13.3 Å². The van der Waals surface area contributed by atoms with Crippen molar-refractivity contribution in [3.8, 4) is 16.9 Å². The number of carbonyl (C=O) groups is 1. The van der Waals surface area contributed by atoms with Crippen LogP contribution in [0.1, 0.15) is 22.8 Å². The number of anilines is 1. The average molecular weight is 501 g/mol. The molecule has 3 aromatic rings. The molecule has 1 aromatic heterocycles. The Balaban J connectivity index is 1.42. The minimum absolute atomic E-state index is 0.0231. The van der Waals surface area contributed by atoms with Gasteiger partial charge in [0.1, 0.15) is 11.6 Å². The van der Waals surface area contributed by atoms with Gasteiger partial charge in [0.2, 0.25) is 0 Å². The molecule has 0 radical (unpaired) electrons. The van der Waals surface area contributed by atoms with Crippen molar-refractivity contribution in [3.63, 3.8) is 0 Å². The van der Waals surface area contributed by atoms with Crippen molar-refractivity contribution in [1.29, 1.82) is 0 Å². The summed E-state index contributed by atoms with van der Waals surface area (Å²) in [5.74, 6) is -0.755. The Morgan fingerprint density at radius 3 is 2.43 bits per heavy atom. The van der Waals surface area contributed by atoms with Gasteiger partial charge in [-0.25, -0.2) is 13.8 Å². The number of pyridine rings is 1. The van der Waals surface area contributed by atoms with Gasteiger partial charge >= 0.3 is 0 Å². The highest BCUT2D eigenvalue weighted by Gasteiger charge is 2.21. The fraction of sp³-hybridized carbons (Fsp3) is 0.308. The zero-order valence-corrected chi connectivity index (χ0v) is 20.2. The molecule has 1 aliphatic rings. The number of aromatic nitrogens is 1. The largest absolute Gasteiger partial charge is 0.489 e. The monoisotopic (exact) mass is 500 g/mol. The molecule has 9 heteroatoms. The summed E-state index contributed by atoms with van der Waals surface area (Å²) in [6, 6.07) is 11.1. The van der Waals surface area contributed by atoms with Crippen LogP contribution in [0.2, 0.25) is 5.02 Å². The van der Waals surface area contributed by atoms with E-state index in [0.29, 0.717) is 11.3 Å². The molecule has 4 rings (SSSR count). The lowest BCUT2D eigenvalue weighted by Gasteiger charge is -2.34. The first-order valence-corrected chi connectivity index (χ1v) is 11.9. The van der Waals surface area contributed by atoms with Gasteiger partial charge in [0.15, 0.2) is 11.6 Å². The summed E-state index contributed by atoms with van der Waals surface area (Å²) in [6.45, 7) is 6.38. The van der Waals surface area contributed by atoms with Gasteiger partial charge in [0, 0.05) is 55.5 Å². The Morgan fingerprint density at radius 2 is 1.74 bits per heavy atom. The minimum atomic E-state index is -0.684. The first-order chi connectivity index (χ1) is 16.9. The van der Waals surface area contributed by atoms with E-state index in [1.54, 1.807) is 24.4 Å². The minimum Gasteiger partial charge on any atom is -0.489 e. The number of rotatable bonds is 7. The molecule has 35 heavy (non-hydrogen) atoms. The maximum absolute atomic E-state index is 14.0. The third-order valence-electron chi connectivity index (χ3n) is 6.20. The van der Waals surface area contributed by atoms with Crippen LogP contribution in [-0.4, -0.2) is 60.0 Å². The molecular weight excluding hydrogens is 474 g/mol. The fourth-order valence-corrected chi connectivity index (χ4v) is 4.29. The van der Waals surface area contributed by atoms with Crippen LogP contribution >= 0.6 is 11.6 Å². The van der Waals surface area contributed by atoms with Gasteiger partial charge in [0.05, 0.1) is 11.6 Å². The van der Waals surface area contributed by atoms with Crippen molar-refractivity contribution in [2.75, 3.05) is 45.1 Å². The van der Waals surface area contributed by atoms with Crippen LogP contribution in [0.5, 0.6) is 5.75 Å². The SMILES string of the molecule is CCN1CCN(C(=O)c2ccc(-c3cnc(N)c(OCCc4c(F)ccc(F)c4Cl)c3)cc2)CC1. The van der Waals surface area contributed by atoms with Gasteiger partial charge in [0.25, 0.3) is 5.91 Å². The standard InChI is InChI=1S/C26H27ClF2N4O2/c1-2-32-10-12-33(13-11-32)26(34)18-5-3-17(4-6-18)19-15-23(25(30)31-16-19)35-14-9-20-21(28)7-8-22(29)24(20)27/h3-8,15-16H,2,9-14H2,1H3,(H2,30,31). The lowest BCUT2D eigenvalue weighted by molar-refractivity contribution is 0.0643. The molecule has 0 aliphatic carbocycles. The van der Waals surface area contributed by atoms with Crippen molar-refractivity contribution in [3.05, 3.63) is 76.4 Å². The number of hydrogen-bond donors (Lipinski definition) is 1. The van der Waals surface area contributed by atoms with Crippen LogP contribution in [0.4, 0.5) is 14.6 Å². The molecule has 0 bridgehead atoms. The first kappa shape index (κ1) is 24.9. The molecular formula is C26H27ClF2N4O2. The van der Waals surface area contributed by atoms with Crippen molar-refractivity contribution < 1.29 is 18.3 Å². The van der Waals surface area contributed by atoms with Gasteiger partial charge in [-0.2, -0.15) is 0 Å². The van der Waals surface area contributed by atoms with Gasteiger partial charge < -0.3 is 20.3 Å². The highest BCUT2D eigenvalue weighted by molar-refractivity contribution is 6.31. The predicted octanol–water partition coefficient (Wildman–Crippen LogP) is 4.66. The highest BCUT2D eigenvalue weighted by Crippen LogP contribution is 2.28. The molecule has 0 saturated carbocycles. The Labute approximate surface area is 208 Å². The number of nitrogens with zero attached hydrogens (tertiary/aromatic N) is 3. The van der Waals surface area contributed by atoms with Crippen LogP contribution in [0, 0.1) is 11.6 Å². The molecule has 6 nitrogen and oxygen atoms in total. The molecule has 0 unspecified atom stereocenters. The normalized spacial score (nSPS) is 14.2. The first-order valence-electron chi connectivity index (χ1n) is 11.5. The third kappa shape index (κ3) is 5.71. The van der Waals surface area contributed by atoms with E-state index >= 15 is 0 Å². The van der Waals surface area contributed by atoms with E-state index in [0.717, 1.165) is 56.0 Å². The van der Waals surface area contributed by atoms with Gasteiger partial charge in [-0.1, -0.05) is 30.7 Å². The Hall–Kier alpha value is -3.23. The lowest BCUT2D eigenvalue weighted by atomic mass is 10.0. The number of nitrogen functional groups attached to an aromatic ring is 1. The molecule has 0 atom stereocenters. The maximum Gasteiger partial charge on any atom is 0.253 e. The summed E-state index contributed by atoms with van der Waals surface area (Å²) in [5.41, 5.74) is 8.22. The quantitative estimate of drug-likeness (QED) is 0.478. The maximum atomic E-state index is 14.0. The second-order valence-electron chi connectivity index (χ2n) is 8.33. The molecule has 184 valence electrons. The predicted molar refractivity (Wildman–Crippen MR) is 133 cm³/mol. The summed E-state index contributed by atoms with van der Waals surface area (Å²) < 4.78 is 33.3. The molecule has 0 spiro atoms. The zero-order valence-electron chi connectivity index (χ0n) is 19.4. The number of hydrogen-bond acceptors (Lipinski definition) is 5. The number of halogens is 3. The van der Waals surface area contributed by atoms with E-state index in [9.17, 15) is 13.6 Å². The van der Waals surface area contributed by atoms with Crippen LogP contribution in [-0.2, 0) is 6.42 Å². The van der Waals surface area contributed by atoms with E-state index in [-0.39, 0.29) is 35.3 Å². The molecule has 2 N–H and O–H groups in total. The number of amides is 1. The molecule has 2 aromatic carbocycles. The van der Waals surface area contributed by atoms with Gasteiger partial charge in [-0.05, 0) is 42.4 Å². The summed E-state index contributed by atoms with van der Waals surface area (Å²) in [4.78, 5) is 21.2. The average Bonchev–Trinajstić information content (AvgIpc) is 2.89. The Bertz CT molecular complexity index is 1200. The van der Waals surface area contributed by atoms with Gasteiger partial charge in [-0.15, -0.1) is 0 Å². The Kier molecular flexibility index (Phi) is 7.83. The number of benzene rings is 2. The van der Waals surface area contributed by atoms with Crippen LogP contribution in [0.3, 0.4) is 0 Å². The van der Waals surface area contributed by atoms with Gasteiger partial charge in [-0.3, -0.25) is 4.79 Å². The molecule has 1 aliphatic heterocycles.